The standard InChI is InChI=1S/C19H18N2O3/c22-18(21-10-4-3-7-17(21)19(23)24)16-11-14-13-6-2-1-5-12(13)8-9-15(14)20-16/h1-2,5-6,8-9,11,17,20H,3-4,7,10H2,(H,23,24)/t17-/m1/s1. The number of nitrogens with one attached hydrogen (secondary N) is 1. The van der Waals surface area contributed by atoms with Crippen LogP contribution in [-0.2, 0) is 4.79 Å². The number of aliphatic carboxylic acids is 1. The first-order chi connectivity index (χ1) is 11.6. The van der Waals surface area contributed by atoms with Crippen LogP contribution in [0.1, 0.15) is 29.8 Å². The van der Waals surface area contributed by atoms with Crippen LogP contribution in [-0.4, -0.2) is 39.5 Å². The Labute approximate surface area is 138 Å². The molecule has 0 bridgehead atoms. The van der Waals surface area contributed by atoms with E-state index < -0.39 is 12.0 Å². The van der Waals surface area contributed by atoms with Crippen molar-refractivity contribution < 1.29 is 14.7 Å². The summed E-state index contributed by atoms with van der Waals surface area (Å²) in [5.74, 6) is -1.16. The summed E-state index contributed by atoms with van der Waals surface area (Å²) in [6.07, 6.45) is 2.21. The number of fused-ring (bicyclic) bond motifs is 3. The van der Waals surface area contributed by atoms with Crippen molar-refractivity contribution in [2.45, 2.75) is 25.3 Å². The number of amides is 1. The molecule has 0 radical (unpaired) electrons. The number of piperidine rings is 1. The molecule has 1 aliphatic rings. The number of aromatic amines is 1. The minimum absolute atomic E-state index is 0.234. The van der Waals surface area contributed by atoms with Crippen LogP contribution in [0.5, 0.6) is 0 Å². The number of carbonyl (C=O) groups excluding carboxylic acids is 1. The number of rotatable bonds is 2. The summed E-state index contributed by atoms with van der Waals surface area (Å²) >= 11 is 0. The van der Waals surface area contributed by atoms with E-state index in [4.69, 9.17) is 0 Å². The Morgan fingerprint density at radius 3 is 2.75 bits per heavy atom. The van der Waals surface area contributed by atoms with E-state index in [1.165, 1.54) is 4.90 Å². The zero-order valence-corrected chi connectivity index (χ0v) is 13.2. The number of hydrogen-bond acceptors (Lipinski definition) is 2. The summed E-state index contributed by atoms with van der Waals surface area (Å²) in [4.78, 5) is 28.9. The van der Waals surface area contributed by atoms with Crippen LogP contribution >= 0.6 is 0 Å². The molecule has 0 aliphatic carbocycles. The number of carboxylic acid groups (broad SMARTS) is 1. The molecule has 4 rings (SSSR count). The lowest BCUT2D eigenvalue weighted by Gasteiger charge is -2.32. The highest BCUT2D eigenvalue weighted by molar-refractivity contribution is 6.10. The summed E-state index contributed by atoms with van der Waals surface area (Å²) in [5.41, 5.74) is 1.34. The van der Waals surface area contributed by atoms with Gasteiger partial charge >= 0.3 is 5.97 Å². The van der Waals surface area contributed by atoms with Crippen molar-refractivity contribution in [2.24, 2.45) is 0 Å². The number of likely N-dealkylation sites (tertiary alicyclic amines) is 1. The average molecular weight is 322 g/mol. The van der Waals surface area contributed by atoms with Crippen molar-refractivity contribution in [3.63, 3.8) is 0 Å². The molecule has 0 spiro atoms. The van der Waals surface area contributed by atoms with Crippen LogP contribution in [0, 0.1) is 0 Å². The minimum atomic E-state index is -0.926. The molecule has 2 heterocycles. The van der Waals surface area contributed by atoms with E-state index in [2.05, 4.69) is 4.98 Å². The lowest BCUT2D eigenvalue weighted by molar-refractivity contribution is -0.143. The number of carboxylic acids is 1. The molecule has 1 aliphatic heterocycles. The van der Waals surface area contributed by atoms with E-state index in [0.717, 1.165) is 34.5 Å². The van der Waals surface area contributed by atoms with Crippen molar-refractivity contribution in [1.29, 1.82) is 0 Å². The van der Waals surface area contributed by atoms with E-state index in [1.54, 1.807) is 0 Å². The monoisotopic (exact) mass is 322 g/mol. The predicted octanol–water partition coefficient (Wildman–Crippen LogP) is 3.40. The van der Waals surface area contributed by atoms with E-state index in [1.807, 2.05) is 42.5 Å². The highest BCUT2D eigenvalue weighted by Gasteiger charge is 2.33. The smallest absolute Gasteiger partial charge is 0.326 e. The number of hydrogen-bond donors (Lipinski definition) is 2. The van der Waals surface area contributed by atoms with Gasteiger partial charge in [0.15, 0.2) is 0 Å². The Morgan fingerprint density at radius 2 is 1.92 bits per heavy atom. The van der Waals surface area contributed by atoms with Gasteiger partial charge in [-0.05, 0) is 42.2 Å². The molecule has 3 aromatic rings. The molecule has 1 atom stereocenters. The second-order valence-electron chi connectivity index (χ2n) is 6.28. The fourth-order valence-corrected chi connectivity index (χ4v) is 3.59. The maximum atomic E-state index is 12.9. The second-order valence-corrected chi connectivity index (χ2v) is 6.28. The van der Waals surface area contributed by atoms with Crippen molar-refractivity contribution in [3.05, 3.63) is 48.2 Å². The first kappa shape index (κ1) is 14.8. The molecule has 5 nitrogen and oxygen atoms in total. The lowest BCUT2D eigenvalue weighted by Crippen LogP contribution is -2.48. The number of carbonyl (C=O) groups is 2. The van der Waals surface area contributed by atoms with Gasteiger partial charge in [0.2, 0.25) is 0 Å². The van der Waals surface area contributed by atoms with Gasteiger partial charge < -0.3 is 15.0 Å². The molecule has 0 saturated carbocycles. The molecule has 1 amide bonds. The zero-order valence-electron chi connectivity index (χ0n) is 13.2. The molecule has 2 N–H and O–H groups in total. The number of H-pyrrole nitrogens is 1. The van der Waals surface area contributed by atoms with Crippen LogP contribution in [0.4, 0.5) is 0 Å². The van der Waals surface area contributed by atoms with Crippen LogP contribution in [0.15, 0.2) is 42.5 Å². The van der Waals surface area contributed by atoms with Crippen LogP contribution in [0.25, 0.3) is 21.7 Å². The van der Waals surface area contributed by atoms with Crippen molar-refractivity contribution >= 4 is 33.6 Å². The Balaban J connectivity index is 1.77. The van der Waals surface area contributed by atoms with Gasteiger partial charge in [-0.1, -0.05) is 30.3 Å². The maximum Gasteiger partial charge on any atom is 0.326 e. The topological polar surface area (TPSA) is 73.4 Å². The van der Waals surface area contributed by atoms with Gasteiger partial charge in [-0.3, -0.25) is 4.79 Å². The molecule has 2 aromatic carbocycles. The molecule has 122 valence electrons. The van der Waals surface area contributed by atoms with Gasteiger partial charge in [-0.25, -0.2) is 4.79 Å². The van der Waals surface area contributed by atoms with Gasteiger partial charge in [0.1, 0.15) is 11.7 Å². The van der Waals surface area contributed by atoms with Crippen molar-refractivity contribution in [1.82, 2.24) is 9.88 Å². The Morgan fingerprint density at radius 1 is 1.08 bits per heavy atom. The van der Waals surface area contributed by atoms with Gasteiger partial charge in [-0.15, -0.1) is 0 Å². The third-order valence-corrected chi connectivity index (χ3v) is 4.81. The molecular weight excluding hydrogens is 304 g/mol. The Kier molecular flexibility index (Phi) is 3.49. The molecule has 1 aromatic heterocycles. The predicted molar refractivity (Wildman–Crippen MR) is 92.1 cm³/mol. The Bertz CT molecular complexity index is 944. The normalized spacial score (nSPS) is 18.2. The van der Waals surface area contributed by atoms with E-state index >= 15 is 0 Å². The number of benzene rings is 2. The molecule has 1 saturated heterocycles. The summed E-state index contributed by atoms with van der Waals surface area (Å²) < 4.78 is 0. The van der Waals surface area contributed by atoms with Gasteiger partial charge in [0.25, 0.3) is 5.91 Å². The molecule has 24 heavy (non-hydrogen) atoms. The largest absolute Gasteiger partial charge is 0.480 e. The number of aromatic nitrogens is 1. The molecular formula is C19H18N2O3. The summed E-state index contributed by atoms with van der Waals surface area (Å²) in [6, 6.07) is 13.1. The van der Waals surface area contributed by atoms with Gasteiger partial charge in [-0.2, -0.15) is 0 Å². The quantitative estimate of drug-likeness (QED) is 0.759. The highest BCUT2D eigenvalue weighted by Crippen LogP contribution is 2.27. The average Bonchev–Trinajstić information content (AvgIpc) is 3.05. The van der Waals surface area contributed by atoms with Gasteiger partial charge in [0.05, 0.1) is 0 Å². The van der Waals surface area contributed by atoms with Crippen LogP contribution < -0.4 is 0 Å². The highest BCUT2D eigenvalue weighted by atomic mass is 16.4. The summed E-state index contributed by atoms with van der Waals surface area (Å²) in [7, 11) is 0. The first-order valence-electron chi connectivity index (χ1n) is 8.19. The van der Waals surface area contributed by atoms with E-state index in [9.17, 15) is 14.7 Å². The fourth-order valence-electron chi connectivity index (χ4n) is 3.59. The van der Waals surface area contributed by atoms with Crippen LogP contribution in [0.2, 0.25) is 0 Å². The number of nitrogens with zero attached hydrogens (tertiary/aromatic N) is 1. The minimum Gasteiger partial charge on any atom is -0.480 e. The molecule has 1 fully saturated rings. The van der Waals surface area contributed by atoms with E-state index in [0.29, 0.717) is 18.7 Å². The first-order valence-corrected chi connectivity index (χ1v) is 8.19. The van der Waals surface area contributed by atoms with Gasteiger partial charge in [0, 0.05) is 17.4 Å². The summed E-state index contributed by atoms with van der Waals surface area (Å²) in [5, 5.41) is 12.6. The molecule has 0 unspecified atom stereocenters. The second kappa shape index (κ2) is 5.67. The SMILES string of the molecule is O=C(O)[C@H]1CCCCN1C(=O)c1cc2c(ccc3ccccc32)[nH]1. The van der Waals surface area contributed by atoms with E-state index in [-0.39, 0.29) is 5.91 Å². The molecule has 5 heteroatoms. The van der Waals surface area contributed by atoms with Crippen molar-refractivity contribution in [3.8, 4) is 0 Å². The summed E-state index contributed by atoms with van der Waals surface area (Å²) in [6.45, 7) is 0.492. The van der Waals surface area contributed by atoms with Crippen molar-refractivity contribution in [2.75, 3.05) is 6.54 Å². The zero-order chi connectivity index (χ0) is 16.7. The lowest BCUT2D eigenvalue weighted by atomic mass is 10.0. The fraction of sp³-hybridized carbons (Fsp3) is 0.263. The third kappa shape index (κ3) is 2.33. The maximum absolute atomic E-state index is 12.9. The van der Waals surface area contributed by atoms with Crippen LogP contribution in [0.3, 0.4) is 0 Å². The third-order valence-electron chi connectivity index (χ3n) is 4.81. The Hall–Kier alpha value is -2.82.